The average molecular weight is 365 g/mol. The van der Waals surface area contributed by atoms with Crippen LogP contribution in [0.5, 0.6) is 11.5 Å². The molecule has 1 fully saturated rings. The van der Waals surface area contributed by atoms with Gasteiger partial charge < -0.3 is 30.6 Å². The van der Waals surface area contributed by atoms with Gasteiger partial charge in [0.05, 0.1) is 20.8 Å². The van der Waals surface area contributed by atoms with Gasteiger partial charge in [0.2, 0.25) is 11.8 Å². The molecule has 0 aliphatic heterocycles. The molecule has 1 aliphatic carbocycles. The van der Waals surface area contributed by atoms with Gasteiger partial charge >= 0.3 is 0 Å². The molecule has 0 spiro atoms. The number of nitrogens with one attached hydrogen (secondary N) is 2. The molecule has 0 saturated heterocycles. The number of carbonyl (C=O) groups is 2. The Labute approximate surface area is 153 Å². The Morgan fingerprint density at radius 1 is 1.15 bits per heavy atom. The Kier molecular flexibility index (Phi) is 6.82. The third kappa shape index (κ3) is 4.44. The fraction of sp³-hybridized carbons (Fsp3) is 0.556. The van der Waals surface area contributed by atoms with Crippen molar-refractivity contribution in [3.63, 3.8) is 0 Å². The number of ether oxygens (including phenoxy) is 3. The predicted molar refractivity (Wildman–Crippen MR) is 97.4 cm³/mol. The van der Waals surface area contributed by atoms with Crippen LogP contribution in [-0.4, -0.2) is 51.3 Å². The molecule has 0 aromatic heterocycles. The van der Waals surface area contributed by atoms with E-state index in [0.29, 0.717) is 30.0 Å². The van der Waals surface area contributed by atoms with Crippen LogP contribution in [0.1, 0.15) is 25.7 Å². The summed E-state index contributed by atoms with van der Waals surface area (Å²) in [6, 6.07) is 4.30. The first-order valence-corrected chi connectivity index (χ1v) is 8.56. The molecule has 144 valence electrons. The van der Waals surface area contributed by atoms with Crippen LogP contribution in [0.4, 0.5) is 5.69 Å². The predicted octanol–water partition coefficient (Wildman–Crippen LogP) is 1.05. The van der Waals surface area contributed by atoms with E-state index < -0.39 is 17.5 Å². The zero-order valence-electron chi connectivity index (χ0n) is 15.5. The summed E-state index contributed by atoms with van der Waals surface area (Å²) in [6.07, 6.45) is 2.85. The summed E-state index contributed by atoms with van der Waals surface area (Å²) in [5.74, 6) is 0.424. The molecular formula is C18H27N3O5. The van der Waals surface area contributed by atoms with Gasteiger partial charge in [0.15, 0.2) is 11.5 Å². The van der Waals surface area contributed by atoms with Crippen molar-refractivity contribution < 1.29 is 23.8 Å². The van der Waals surface area contributed by atoms with Gasteiger partial charge in [-0.3, -0.25) is 9.59 Å². The standard InChI is InChI=1S/C18H27N3O5/c1-24-11-13(19)16(22)21-18(8-4-5-9-18)17(23)20-12-6-7-14(25-2)15(10-12)26-3/h6-7,10,13H,4-5,8-9,11,19H2,1-3H3,(H,20,23)(H,21,22). The van der Waals surface area contributed by atoms with Gasteiger partial charge in [0.25, 0.3) is 0 Å². The highest BCUT2D eigenvalue weighted by molar-refractivity contribution is 6.01. The summed E-state index contributed by atoms with van der Waals surface area (Å²) < 4.78 is 15.4. The Balaban J connectivity index is 2.14. The van der Waals surface area contributed by atoms with E-state index in [2.05, 4.69) is 10.6 Å². The lowest BCUT2D eigenvalue weighted by Gasteiger charge is -2.30. The molecule has 8 nitrogen and oxygen atoms in total. The van der Waals surface area contributed by atoms with Crippen molar-refractivity contribution in [1.82, 2.24) is 5.32 Å². The molecule has 4 N–H and O–H groups in total. The van der Waals surface area contributed by atoms with Crippen LogP contribution in [-0.2, 0) is 14.3 Å². The van der Waals surface area contributed by atoms with E-state index in [0.717, 1.165) is 12.8 Å². The van der Waals surface area contributed by atoms with Gasteiger partial charge in [-0.1, -0.05) is 12.8 Å². The number of methoxy groups -OCH3 is 3. The van der Waals surface area contributed by atoms with Crippen molar-refractivity contribution in [2.75, 3.05) is 33.3 Å². The van der Waals surface area contributed by atoms with Gasteiger partial charge in [-0.2, -0.15) is 0 Å². The van der Waals surface area contributed by atoms with E-state index >= 15 is 0 Å². The van der Waals surface area contributed by atoms with Crippen molar-refractivity contribution in [3.8, 4) is 11.5 Å². The number of hydrogen-bond donors (Lipinski definition) is 3. The van der Waals surface area contributed by atoms with Gasteiger partial charge in [-0.15, -0.1) is 0 Å². The first-order valence-electron chi connectivity index (χ1n) is 8.56. The summed E-state index contributed by atoms with van der Waals surface area (Å²) in [7, 11) is 4.55. The monoisotopic (exact) mass is 365 g/mol. The third-order valence-electron chi connectivity index (χ3n) is 4.58. The largest absolute Gasteiger partial charge is 0.493 e. The molecule has 1 saturated carbocycles. The molecule has 0 bridgehead atoms. The first-order chi connectivity index (χ1) is 12.5. The number of anilines is 1. The second kappa shape index (κ2) is 8.86. The molecule has 1 unspecified atom stereocenters. The van der Waals surface area contributed by atoms with E-state index in [1.807, 2.05) is 0 Å². The molecule has 2 amide bonds. The maximum atomic E-state index is 12.9. The first kappa shape index (κ1) is 20.0. The molecule has 26 heavy (non-hydrogen) atoms. The molecule has 1 aromatic carbocycles. The lowest BCUT2D eigenvalue weighted by molar-refractivity contribution is -0.131. The number of rotatable bonds is 8. The van der Waals surface area contributed by atoms with Crippen LogP contribution < -0.4 is 25.8 Å². The highest BCUT2D eigenvalue weighted by Crippen LogP contribution is 2.33. The van der Waals surface area contributed by atoms with Gasteiger partial charge in [-0.05, 0) is 25.0 Å². The van der Waals surface area contributed by atoms with Crippen LogP contribution in [0, 0.1) is 0 Å². The SMILES string of the molecule is COCC(N)C(=O)NC1(C(=O)Nc2ccc(OC)c(OC)c2)CCCC1. The summed E-state index contributed by atoms with van der Waals surface area (Å²) in [6.45, 7) is 0.0964. The topological polar surface area (TPSA) is 112 Å². The van der Waals surface area contributed by atoms with Crippen LogP contribution in [0.2, 0.25) is 0 Å². The Hall–Kier alpha value is -2.32. The number of benzene rings is 1. The van der Waals surface area contributed by atoms with Crippen molar-refractivity contribution >= 4 is 17.5 Å². The quantitative estimate of drug-likeness (QED) is 0.635. The fourth-order valence-electron chi connectivity index (χ4n) is 3.14. The van der Waals surface area contributed by atoms with Crippen LogP contribution in [0.25, 0.3) is 0 Å². The number of amides is 2. The van der Waals surface area contributed by atoms with Crippen molar-refractivity contribution in [3.05, 3.63) is 18.2 Å². The van der Waals surface area contributed by atoms with Gasteiger partial charge in [0.1, 0.15) is 11.6 Å². The molecule has 1 atom stereocenters. The third-order valence-corrected chi connectivity index (χ3v) is 4.58. The molecule has 8 heteroatoms. The Morgan fingerprint density at radius 2 is 1.81 bits per heavy atom. The highest BCUT2D eigenvalue weighted by Gasteiger charge is 2.43. The summed E-state index contributed by atoms with van der Waals surface area (Å²) >= 11 is 0. The second-order valence-corrected chi connectivity index (χ2v) is 6.36. The minimum atomic E-state index is -0.963. The molecule has 2 rings (SSSR count). The lowest BCUT2D eigenvalue weighted by Crippen LogP contribution is -2.59. The fourth-order valence-corrected chi connectivity index (χ4v) is 3.14. The minimum Gasteiger partial charge on any atom is -0.493 e. The van der Waals surface area contributed by atoms with E-state index in [1.165, 1.54) is 14.2 Å². The number of nitrogens with two attached hydrogens (primary N) is 1. The molecule has 0 heterocycles. The molecular weight excluding hydrogens is 338 g/mol. The number of carbonyl (C=O) groups excluding carboxylic acids is 2. The minimum absolute atomic E-state index is 0.0964. The Bertz CT molecular complexity index is 644. The van der Waals surface area contributed by atoms with Crippen LogP contribution in [0.15, 0.2) is 18.2 Å². The normalized spacial score (nSPS) is 16.6. The van der Waals surface area contributed by atoms with Gasteiger partial charge in [-0.25, -0.2) is 0 Å². The average Bonchev–Trinajstić information content (AvgIpc) is 3.11. The van der Waals surface area contributed by atoms with Crippen molar-refractivity contribution in [2.45, 2.75) is 37.3 Å². The second-order valence-electron chi connectivity index (χ2n) is 6.36. The molecule has 1 aromatic rings. The van der Waals surface area contributed by atoms with E-state index in [-0.39, 0.29) is 12.5 Å². The summed E-state index contributed by atoms with van der Waals surface area (Å²) in [4.78, 5) is 25.2. The lowest BCUT2D eigenvalue weighted by atomic mass is 9.95. The summed E-state index contributed by atoms with van der Waals surface area (Å²) in [5, 5.41) is 5.70. The number of hydrogen-bond acceptors (Lipinski definition) is 6. The van der Waals surface area contributed by atoms with E-state index in [1.54, 1.807) is 25.3 Å². The van der Waals surface area contributed by atoms with Crippen LogP contribution in [0.3, 0.4) is 0 Å². The summed E-state index contributed by atoms with van der Waals surface area (Å²) in [5.41, 5.74) is 5.39. The Morgan fingerprint density at radius 3 is 2.38 bits per heavy atom. The highest BCUT2D eigenvalue weighted by atomic mass is 16.5. The van der Waals surface area contributed by atoms with Crippen molar-refractivity contribution in [2.24, 2.45) is 5.73 Å². The van der Waals surface area contributed by atoms with E-state index in [9.17, 15) is 9.59 Å². The zero-order chi connectivity index (χ0) is 19.2. The molecule has 1 aliphatic rings. The van der Waals surface area contributed by atoms with Gasteiger partial charge in [0, 0.05) is 18.9 Å². The maximum Gasteiger partial charge on any atom is 0.250 e. The maximum absolute atomic E-state index is 12.9. The van der Waals surface area contributed by atoms with E-state index in [4.69, 9.17) is 19.9 Å². The van der Waals surface area contributed by atoms with Crippen molar-refractivity contribution in [1.29, 1.82) is 0 Å². The smallest absolute Gasteiger partial charge is 0.250 e. The molecule has 0 radical (unpaired) electrons. The van der Waals surface area contributed by atoms with Crippen LogP contribution >= 0.6 is 0 Å². The zero-order valence-corrected chi connectivity index (χ0v) is 15.5.